The minimum absolute atomic E-state index is 0.0815. The van der Waals surface area contributed by atoms with Gasteiger partial charge in [-0.15, -0.1) is 0 Å². The van der Waals surface area contributed by atoms with Crippen LogP contribution in [-0.2, 0) is 0 Å². The lowest BCUT2D eigenvalue weighted by Gasteiger charge is -2.29. The Morgan fingerprint density at radius 3 is 2.73 bits per heavy atom. The fourth-order valence-electron chi connectivity index (χ4n) is 1.88. The third-order valence-electron chi connectivity index (χ3n) is 2.67. The van der Waals surface area contributed by atoms with Gasteiger partial charge in [0.25, 0.3) is 0 Å². The molecule has 2 N–H and O–H groups in total. The lowest BCUT2D eigenvalue weighted by Crippen LogP contribution is -2.37. The third kappa shape index (κ3) is 3.36. The first-order valence-corrected chi connectivity index (χ1v) is 5.66. The van der Waals surface area contributed by atoms with E-state index >= 15 is 0 Å². The van der Waals surface area contributed by atoms with Crippen LogP contribution in [0.4, 0.5) is 0 Å². The zero-order valence-electron chi connectivity index (χ0n) is 9.94. The maximum Gasteiger partial charge on any atom is 0.122 e. The summed E-state index contributed by atoms with van der Waals surface area (Å²) in [5.41, 5.74) is 6.00. The zero-order chi connectivity index (χ0) is 11.3. The van der Waals surface area contributed by atoms with Crippen molar-refractivity contribution < 1.29 is 4.42 Å². The van der Waals surface area contributed by atoms with E-state index in [0.717, 1.165) is 12.3 Å². The van der Waals surface area contributed by atoms with E-state index in [-0.39, 0.29) is 12.1 Å². The van der Waals surface area contributed by atoms with Gasteiger partial charge in [0.05, 0.1) is 12.3 Å². The SMILES string of the molecule is CCCCN(C)C(c1ccco1)C(C)N. The molecule has 1 rings (SSSR count). The van der Waals surface area contributed by atoms with Gasteiger partial charge in [0, 0.05) is 6.04 Å². The van der Waals surface area contributed by atoms with Crippen LogP contribution in [0.25, 0.3) is 0 Å². The molecule has 15 heavy (non-hydrogen) atoms. The van der Waals surface area contributed by atoms with Crippen LogP contribution in [0.2, 0.25) is 0 Å². The Labute approximate surface area is 92.2 Å². The molecule has 0 saturated carbocycles. The van der Waals surface area contributed by atoms with Crippen molar-refractivity contribution in [3.8, 4) is 0 Å². The number of rotatable bonds is 6. The maximum absolute atomic E-state index is 6.00. The summed E-state index contributed by atoms with van der Waals surface area (Å²) in [5.74, 6) is 0.962. The number of furan rings is 1. The van der Waals surface area contributed by atoms with E-state index < -0.39 is 0 Å². The number of nitrogens with two attached hydrogens (primary N) is 1. The van der Waals surface area contributed by atoms with Crippen molar-refractivity contribution in [3.63, 3.8) is 0 Å². The lowest BCUT2D eigenvalue weighted by atomic mass is 10.1. The molecule has 0 aromatic carbocycles. The smallest absolute Gasteiger partial charge is 0.122 e. The molecule has 0 spiro atoms. The molecule has 2 unspecified atom stereocenters. The van der Waals surface area contributed by atoms with Gasteiger partial charge in [0.1, 0.15) is 5.76 Å². The molecular formula is C12H22N2O. The first kappa shape index (κ1) is 12.3. The molecular weight excluding hydrogens is 188 g/mol. The average Bonchev–Trinajstić information content (AvgIpc) is 2.67. The highest BCUT2D eigenvalue weighted by Gasteiger charge is 2.22. The van der Waals surface area contributed by atoms with Crippen LogP contribution in [0.15, 0.2) is 22.8 Å². The van der Waals surface area contributed by atoms with Crippen molar-refractivity contribution in [2.24, 2.45) is 5.73 Å². The van der Waals surface area contributed by atoms with E-state index in [1.165, 1.54) is 12.8 Å². The van der Waals surface area contributed by atoms with E-state index in [1.54, 1.807) is 6.26 Å². The molecule has 1 heterocycles. The zero-order valence-corrected chi connectivity index (χ0v) is 9.94. The average molecular weight is 210 g/mol. The van der Waals surface area contributed by atoms with Crippen LogP contribution < -0.4 is 5.73 Å². The lowest BCUT2D eigenvalue weighted by molar-refractivity contribution is 0.189. The third-order valence-corrected chi connectivity index (χ3v) is 2.67. The number of hydrogen-bond donors (Lipinski definition) is 1. The van der Waals surface area contributed by atoms with Crippen LogP contribution in [0.3, 0.4) is 0 Å². The predicted molar refractivity (Wildman–Crippen MR) is 62.6 cm³/mol. The van der Waals surface area contributed by atoms with Crippen LogP contribution in [-0.4, -0.2) is 24.5 Å². The summed E-state index contributed by atoms with van der Waals surface area (Å²) in [5, 5.41) is 0. The Morgan fingerprint density at radius 2 is 2.27 bits per heavy atom. The standard InChI is InChI=1S/C12H22N2O/c1-4-5-8-14(3)12(10(2)13)11-7-6-9-15-11/h6-7,9-10,12H,4-5,8,13H2,1-3H3. The van der Waals surface area contributed by atoms with E-state index in [4.69, 9.17) is 10.2 Å². The number of unbranched alkanes of at least 4 members (excludes halogenated alkanes) is 1. The van der Waals surface area contributed by atoms with Crippen molar-refractivity contribution in [1.29, 1.82) is 0 Å². The largest absolute Gasteiger partial charge is 0.468 e. The maximum atomic E-state index is 6.00. The Kier molecular flexibility index (Phi) is 4.85. The van der Waals surface area contributed by atoms with Gasteiger partial charge in [-0.2, -0.15) is 0 Å². The molecule has 0 bridgehead atoms. The second kappa shape index (κ2) is 5.93. The molecule has 0 saturated heterocycles. The molecule has 1 aromatic rings. The highest BCUT2D eigenvalue weighted by Crippen LogP contribution is 2.22. The van der Waals surface area contributed by atoms with E-state index in [0.29, 0.717) is 0 Å². The number of likely N-dealkylation sites (N-methyl/N-ethyl adjacent to an activating group) is 1. The van der Waals surface area contributed by atoms with Crippen molar-refractivity contribution in [1.82, 2.24) is 4.90 Å². The van der Waals surface area contributed by atoms with Gasteiger partial charge in [-0.3, -0.25) is 4.90 Å². The minimum Gasteiger partial charge on any atom is -0.468 e. The molecule has 3 heteroatoms. The highest BCUT2D eigenvalue weighted by molar-refractivity contribution is 5.07. The molecule has 1 aromatic heterocycles. The highest BCUT2D eigenvalue weighted by atomic mass is 16.3. The van der Waals surface area contributed by atoms with E-state index in [1.807, 2.05) is 19.1 Å². The molecule has 0 aliphatic rings. The Hall–Kier alpha value is -0.800. The summed E-state index contributed by atoms with van der Waals surface area (Å²) in [6, 6.07) is 4.18. The topological polar surface area (TPSA) is 42.4 Å². The predicted octanol–water partition coefficient (Wildman–Crippen LogP) is 2.40. The van der Waals surface area contributed by atoms with Gasteiger partial charge in [0.15, 0.2) is 0 Å². The molecule has 0 radical (unpaired) electrons. The first-order valence-electron chi connectivity index (χ1n) is 5.66. The van der Waals surface area contributed by atoms with E-state index in [2.05, 4.69) is 18.9 Å². The van der Waals surface area contributed by atoms with Gasteiger partial charge < -0.3 is 10.2 Å². The Bertz CT molecular complexity index is 257. The van der Waals surface area contributed by atoms with Crippen LogP contribution >= 0.6 is 0 Å². The van der Waals surface area contributed by atoms with Gasteiger partial charge in [-0.25, -0.2) is 0 Å². The monoisotopic (exact) mass is 210 g/mol. The van der Waals surface area contributed by atoms with Gasteiger partial charge in [-0.1, -0.05) is 13.3 Å². The van der Waals surface area contributed by atoms with Gasteiger partial charge in [-0.05, 0) is 39.1 Å². The molecule has 0 aliphatic heterocycles. The second-order valence-corrected chi connectivity index (χ2v) is 4.15. The van der Waals surface area contributed by atoms with Crippen molar-refractivity contribution in [2.75, 3.05) is 13.6 Å². The van der Waals surface area contributed by atoms with Crippen molar-refractivity contribution in [2.45, 2.75) is 38.8 Å². The van der Waals surface area contributed by atoms with Crippen LogP contribution in [0.1, 0.15) is 38.5 Å². The second-order valence-electron chi connectivity index (χ2n) is 4.15. The summed E-state index contributed by atoms with van der Waals surface area (Å²) < 4.78 is 5.44. The molecule has 3 nitrogen and oxygen atoms in total. The summed E-state index contributed by atoms with van der Waals surface area (Å²) in [7, 11) is 2.10. The Balaban J connectivity index is 2.66. The van der Waals surface area contributed by atoms with Crippen LogP contribution in [0, 0.1) is 0 Å². The van der Waals surface area contributed by atoms with Gasteiger partial charge >= 0.3 is 0 Å². The minimum atomic E-state index is 0.0815. The number of nitrogens with zero attached hydrogens (tertiary/aromatic N) is 1. The first-order chi connectivity index (χ1) is 7.16. The summed E-state index contributed by atoms with van der Waals surface area (Å²) in [4.78, 5) is 2.27. The molecule has 0 fully saturated rings. The van der Waals surface area contributed by atoms with Crippen molar-refractivity contribution in [3.05, 3.63) is 24.2 Å². The van der Waals surface area contributed by atoms with Crippen molar-refractivity contribution >= 4 is 0 Å². The summed E-state index contributed by atoms with van der Waals surface area (Å²) in [6.45, 7) is 5.28. The number of hydrogen-bond acceptors (Lipinski definition) is 3. The molecule has 0 amide bonds. The quantitative estimate of drug-likeness (QED) is 0.784. The molecule has 2 atom stereocenters. The fraction of sp³-hybridized carbons (Fsp3) is 0.667. The summed E-state index contributed by atoms with van der Waals surface area (Å²) >= 11 is 0. The van der Waals surface area contributed by atoms with Gasteiger partial charge in [0.2, 0.25) is 0 Å². The molecule has 0 aliphatic carbocycles. The summed E-state index contributed by atoms with van der Waals surface area (Å²) in [6.07, 6.45) is 4.10. The van der Waals surface area contributed by atoms with E-state index in [9.17, 15) is 0 Å². The Morgan fingerprint density at radius 1 is 1.53 bits per heavy atom. The normalized spacial score (nSPS) is 15.5. The van der Waals surface area contributed by atoms with Crippen LogP contribution in [0.5, 0.6) is 0 Å². The fourth-order valence-corrected chi connectivity index (χ4v) is 1.88. The molecule has 86 valence electrons.